The van der Waals surface area contributed by atoms with Gasteiger partial charge in [0.25, 0.3) is 0 Å². The molecule has 0 aliphatic rings. The highest BCUT2D eigenvalue weighted by molar-refractivity contribution is 7.79. The highest BCUT2D eigenvalue weighted by Crippen LogP contribution is 2.03. The third-order valence-electron chi connectivity index (χ3n) is 3.46. The molecule has 0 saturated heterocycles. The second-order valence-corrected chi connectivity index (χ2v) is 7.23. The fourth-order valence-corrected chi connectivity index (χ4v) is 2.08. The Bertz CT molecular complexity index is 635. The highest BCUT2D eigenvalue weighted by Gasteiger charge is 1.95. The summed E-state index contributed by atoms with van der Waals surface area (Å²) in [6.07, 6.45) is 4.34. The van der Waals surface area contributed by atoms with E-state index in [9.17, 15) is 0 Å². The van der Waals surface area contributed by atoms with Gasteiger partial charge in [-0.25, -0.2) is 0 Å². The van der Waals surface area contributed by atoms with Gasteiger partial charge >= 0.3 is 0 Å². The van der Waals surface area contributed by atoms with E-state index in [1.165, 1.54) is 11.1 Å². The summed E-state index contributed by atoms with van der Waals surface area (Å²) in [6.45, 7) is 4.09. The Balaban J connectivity index is 0.000000405. The molecule has 2 atom stereocenters. The second kappa shape index (κ2) is 14.3. The molecule has 2 unspecified atom stereocenters. The molecule has 0 amide bonds. The molecule has 0 fully saturated rings. The molecule has 0 aliphatic heterocycles. The normalized spacial score (nSPS) is 12.7. The van der Waals surface area contributed by atoms with Crippen LogP contribution in [0.1, 0.15) is 37.8 Å². The van der Waals surface area contributed by atoms with Gasteiger partial charge in [-0.3, -0.25) is 8.42 Å². The van der Waals surface area contributed by atoms with Gasteiger partial charge in [0.2, 0.25) is 0 Å². The van der Waals surface area contributed by atoms with Gasteiger partial charge in [-0.2, -0.15) is 0 Å². The van der Waals surface area contributed by atoms with E-state index in [-0.39, 0.29) is 0 Å². The molecule has 0 heterocycles. The first-order chi connectivity index (χ1) is 12.6. The smallest absolute Gasteiger partial charge is 0.0311 e. The highest BCUT2D eigenvalue weighted by atomic mass is 32.3. The predicted molar refractivity (Wildman–Crippen MR) is 107 cm³/mol. The summed E-state index contributed by atoms with van der Waals surface area (Å²) in [7, 11) is -5.17. The molecule has 0 saturated carbocycles. The van der Waals surface area contributed by atoms with Gasteiger partial charge in [0.15, 0.2) is 0 Å². The van der Waals surface area contributed by atoms with Crippen LogP contribution in [0, 0.1) is 0 Å². The Morgan fingerprint density at radius 1 is 0.741 bits per heavy atom. The van der Waals surface area contributed by atoms with Crippen molar-refractivity contribution < 1.29 is 17.5 Å². The molecule has 2 rings (SSSR count). The van der Waals surface area contributed by atoms with Crippen molar-refractivity contribution in [3.63, 3.8) is 0 Å². The van der Waals surface area contributed by atoms with E-state index >= 15 is 0 Å². The van der Waals surface area contributed by atoms with Crippen LogP contribution in [0.4, 0.5) is 0 Å². The molecular formula is C20H30N2O4S-2. The summed E-state index contributed by atoms with van der Waals surface area (Å²) in [5.74, 6) is 0. The summed E-state index contributed by atoms with van der Waals surface area (Å²) in [6, 6.07) is 21.5. The van der Waals surface area contributed by atoms with E-state index in [4.69, 9.17) is 29.0 Å². The number of aryl methyl sites for hydroxylation is 2. The Morgan fingerprint density at radius 3 is 1.22 bits per heavy atom. The zero-order chi connectivity index (χ0) is 20.7. The third-order valence-corrected chi connectivity index (χ3v) is 3.46. The first kappa shape index (κ1) is 25.2. The molecule has 2 aromatic rings. The maximum Gasteiger partial charge on any atom is 0.0311 e. The lowest BCUT2D eigenvalue weighted by Gasteiger charge is -2.06. The number of benzene rings is 2. The molecule has 0 radical (unpaired) electrons. The lowest BCUT2D eigenvalue weighted by molar-refractivity contribution is 0.352. The zero-order valence-corrected chi connectivity index (χ0v) is 16.8. The lowest BCUT2D eigenvalue weighted by atomic mass is 10.1. The van der Waals surface area contributed by atoms with Gasteiger partial charge in [0, 0.05) is 22.5 Å². The van der Waals surface area contributed by atoms with Crippen molar-refractivity contribution in [1.82, 2.24) is 0 Å². The summed E-state index contributed by atoms with van der Waals surface area (Å²) in [4.78, 5) is 0. The van der Waals surface area contributed by atoms with Gasteiger partial charge < -0.3 is 20.6 Å². The van der Waals surface area contributed by atoms with E-state index in [1.807, 2.05) is 26.0 Å². The van der Waals surface area contributed by atoms with Gasteiger partial charge in [-0.15, -0.1) is 0 Å². The summed E-state index contributed by atoms with van der Waals surface area (Å²) in [5.41, 5.74) is 14.0. The number of hydrogen-bond donors (Lipinski definition) is 2. The molecule has 152 valence electrons. The van der Waals surface area contributed by atoms with Gasteiger partial charge in [-0.1, -0.05) is 60.7 Å². The Labute approximate surface area is 163 Å². The summed E-state index contributed by atoms with van der Waals surface area (Å²) >= 11 is 0. The van der Waals surface area contributed by atoms with Crippen LogP contribution in [0.2, 0.25) is 0 Å². The van der Waals surface area contributed by atoms with Crippen LogP contribution in [-0.4, -0.2) is 29.6 Å². The number of hydrogen-bond acceptors (Lipinski definition) is 6. The minimum Gasteiger partial charge on any atom is -0.759 e. The van der Waals surface area contributed by atoms with Crippen molar-refractivity contribution in [2.75, 3.05) is 0 Å². The van der Waals surface area contributed by atoms with Crippen LogP contribution in [0.5, 0.6) is 0 Å². The first-order valence-electron chi connectivity index (χ1n) is 8.83. The van der Waals surface area contributed by atoms with Gasteiger partial charge in [-0.05, 0) is 50.7 Å². The molecule has 0 bridgehead atoms. The minimum atomic E-state index is -5.17. The minimum absolute atomic E-state index is 0.315. The molecule has 0 aliphatic carbocycles. The van der Waals surface area contributed by atoms with E-state index in [2.05, 4.69) is 48.5 Å². The average Bonchev–Trinajstić information content (AvgIpc) is 2.59. The van der Waals surface area contributed by atoms with Crippen LogP contribution in [0.15, 0.2) is 60.7 Å². The SMILES string of the molecule is CC(N)CCc1ccccc1.CC(N)CCc1ccccc1.O=S(=O)([O-])[O-]. The van der Waals surface area contributed by atoms with E-state index in [1.54, 1.807) is 0 Å². The van der Waals surface area contributed by atoms with Crippen molar-refractivity contribution in [3.05, 3.63) is 71.8 Å². The molecule has 7 heteroatoms. The van der Waals surface area contributed by atoms with Gasteiger partial charge in [0.05, 0.1) is 0 Å². The molecule has 0 spiro atoms. The monoisotopic (exact) mass is 394 g/mol. The predicted octanol–water partition coefficient (Wildman–Crippen LogP) is 2.59. The topological polar surface area (TPSA) is 132 Å². The quantitative estimate of drug-likeness (QED) is 0.571. The van der Waals surface area contributed by atoms with Crippen LogP contribution >= 0.6 is 0 Å². The first-order valence-corrected chi connectivity index (χ1v) is 10.2. The fraction of sp³-hybridized carbons (Fsp3) is 0.400. The molecule has 4 N–H and O–H groups in total. The molecule has 27 heavy (non-hydrogen) atoms. The van der Waals surface area contributed by atoms with E-state index in [0.717, 1.165) is 25.7 Å². The number of rotatable bonds is 6. The van der Waals surface area contributed by atoms with Crippen LogP contribution in [0.25, 0.3) is 0 Å². The Morgan fingerprint density at radius 2 is 1.00 bits per heavy atom. The summed E-state index contributed by atoms with van der Waals surface area (Å²) in [5, 5.41) is 0. The summed E-state index contributed by atoms with van der Waals surface area (Å²) < 4.78 is 34.1. The van der Waals surface area contributed by atoms with Crippen molar-refractivity contribution in [1.29, 1.82) is 0 Å². The van der Waals surface area contributed by atoms with Crippen LogP contribution < -0.4 is 11.5 Å². The molecule has 6 nitrogen and oxygen atoms in total. The van der Waals surface area contributed by atoms with Crippen molar-refractivity contribution in [3.8, 4) is 0 Å². The van der Waals surface area contributed by atoms with E-state index < -0.39 is 10.4 Å². The van der Waals surface area contributed by atoms with E-state index in [0.29, 0.717) is 12.1 Å². The van der Waals surface area contributed by atoms with Crippen LogP contribution in [0.3, 0.4) is 0 Å². The Hall–Kier alpha value is -1.77. The Kier molecular flexibility index (Phi) is 13.4. The van der Waals surface area contributed by atoms with Crippen molar-refractivity contribution in [2.45, 2.75) is 51.6 Å². The largest absolute Gasteiger partial charge is 0.759 e. The number of nitrogens with two attached hydrogens (primary N) is 2. The lowest BCUT2D eigenvalue weighted by Crippen LogP contribution is -2.15. The van der Waals surface area contributed by atoms with Crippen molar-refractivity contribution >= 4 is 10.4 Å². The standard InChI is InChI=1S/2C10H15N.H2O4S/c2*1-9(11)7-8-10-5-3-2-4-6-10;1-5(2,3)4/h2*2-6,9H,7-8,11H2,1H3;(H2,1,2,3,4)/p-2. The van der Waals surface area contributed by atoms with Crippen LogP contribution in [-0.2, 0) is 23.2 Å². The molecule has 2 aromatic carbocycles. The third kappa shape index (κ3) is 20.4. The molecule has 0 aromatic heterocycles. The maximum atomic E-state index is 8.52. The maximum absolute atomic E-state index is 8.52. The molecular weight excluding hydrogens is 364 g/mol. The fourth-order valence-electron chi connectivity index (χ4n) is 2.08. The average molecular weight is 395 g/mol. The van der Waals surface area contributed by atoms with Crippen molar-refractivity contribution in [2.24, 2.45) is 11.5 Å². The zero-order valence-electron chi connectivity index (χ0n) is 16.0. The van der Waals surface area contributed by atoms with Gasteiger partial charge in [0.1, 0.15) is 0 Å². The second-order valence-electron chi connectivity index (χ2n) is 6.41.